The molecule has 4 nitrogen and oxygen atoms in total. The molecule has 0 saturated carbocycles. The second kappa shape index (κ2) is 5.13. The lowest BCUT2D eigenvalue weighted by molar-refractivity contribution is 0.100. The molecule has 0 atom stereocenters. The van der Waals surface area contributed by atoms with Crippen LogP contribution in [0.2, 0.25) is 0 Å². The second-order valence-electron chi connectivity index (χ2n) is 2.13. The van der Waals surface area contributed by atoms with E-state index in [4.69, 9.17) is 5.21 Å². The Hall–Kier alpha value is -1.58. The first-order chi connectivity index (χ1) is 6.13. The van der Waals surface area contributed by atoms with Gasteiger partial charge in [0.1, 0.15) is 0 Å². The van der Waals surface area contributed by atoms with Crippen molar-refractivity contribution in [3.05, 3.63) is 34.2 Å². The molecule has 1 aromatic rings. The molecule has 0 radical (unpaired) electrons. The molecular weight excluding hydrogens is 170 g/mol. The van der Waals surface area contributed by atoms with Gasteiger partial charge in [0, 0.05) is 6.20 Å². The van der Waals surface area contributed by atoms with Gasteiger partial charge in [-0.3, -0.25) is 9.59 Å². The van der Waals surface area contributed by atoms with E-state index in [0.717, 1.165) is 0 Å². The van der Waals surface area contributed by atoms with Crippen molar-refractivity contribution in [3.63, 3.8) is 0 Å². The summed E-state index contributed by atoms with van der Waals surface area (Å²) in [4.78, 5) is 21.6. The summed E-state index contributed by atoms with van der Waals surface area (Å²) in [6, 6.07) is 2.80. The predicted molar refractivity (Wildman–Crippen MR) is 49.2 cm³/mol. The van der Waals surface area contributed by atoms with Crippen LogP contribution in [0.1, 0.15) is 31.1 Å². The van der Waals surface area contributed by atoms with E-state index < -0.39 is 5.56 Å². The number of carbonyl (C=O) groups is 1. The number of nitrogens with zero attached hydrogens (tertiary/aromatic N) is 1. The highest BCUT2D eigenvalue weighted by Crippen LogP contribution is 1.90. The third-order valence-corrected chi connectivity index (χ3v) is 1.31. The van der Waals surface area contributed by atoms with Gasteiger partial charge in [-0.2, -0.15) is 4.73 Å². The summed E-state index contributed by atoms with van der Waals surface area (Å²) in [7, 11) is 0. The normalized spacial score (nSPS) is 8.54. The Morgan fingerprint density at radius 3 is 2.38 bits per heavy atom. The van der Waals surface area contributed by atoms with Crippen LogP contribution in [0.4, 0.5) is 0 Å². The highest BCUT2D eigenvalue weighted by Gasteiger charge is 2.05. The third-order valence-electron chi connectivity index (χ3n) is 1.31. The molecule has 0 fully saturated rings. The zero-order valence-corrected chi connectivity index (χ0v) is 7.94. The molecule has 0 spiro atoms. The molecule has 0 bridgehead atoms. The van der Waals surface area contributed by atoms with Gasteiger partial charge in [-0.05, 0) is 19.1 Å². The summed E-state index contributed by atoms with van der Waals surface area (Å²) in [5.41, 5.74) is -0.685. The third kappa shape index (κ3) is 2.74. The van der Waals surface area contributed by atoms with Crippen molar-refractivity contribution < 1.29 is 10.0 Å². The van der Waals surface area contributed by atoms with Gasteiger partial charge in [-0.25, -0.2) is 0 Å². The van der Waals surface area contributed by atoms with Crippen LogP contribution in [0.15, 0.2) is 23.1 Å². The quantitative estimate of drug-likeness (QED) is 0.527. The zero-order chi connectivity index (χ0) is 10.4. The highest BCUT2D eigenvalue weighted by molar-refractivity contribution is 5.93. The molecule has 0 aromatic carbocycles. The maximum absolute atomic E-state index is 10.9. The Labute approximate surface area is 76.4 Å². The van der Waals surface area contributed by atoms with Crippen molar-refractivity contribution in [1.29, 1.82) is 0 Å². The molecule has 0 unspecified atom stereocenters. The van der Waals surface area contributed by atoms with Crippen LogP contribution in [0, 0.1) is 0 Å². The van der Waals surface area contributed by atoms with Gasteiger partial charge < -0.3 is 5.21 Å². The van der Waals surface area contributed by atoms with Crippen LogP contribution < -0.4 is 5.56 Å². The van der Waals surface area contributed by atoms with Crippen LogP contribution >= 0.6 is 0 Å². The molecule has 0 saturated heterocycles. The van der Waals surface area contributed by atoms with Gasteiger partial charge in [-0.1, -0.05) is 13.8 Å². The lowest BCUT2D eigenvalue weighted by atomic mass is 10.2. The van der Waals surface area contributed by atoms with Crippen molar-refractivity contribution in [2.45, 2.75) is 20.8 Å². The molecule has 1 aromatic heterocycles. The van der Waals surface area contributed by atoms with E-state index in [1.807, 2.05) is 13.8 Å². The number of Topliss-reactive ketones (excluding diaryl/α,β-unsaturated/α-hetero) is 1. The Balaban J connectivity index is 0.000000671. The van der Waals surface area contributed by atoms with Gasteiger partial charge in [0.05, 0.1) is 5.56 Å². The van der Waals surface area contributed by atoms with Crippen LogP contribution in [0.3, 0.4) is 0 Å². The van der Waals surface area contributed by atoms with E-state index in [9.17, 15) is 9.59 Å². The molecule has 13 heavy (non-hydrogen) atoms. The lowest BCUT2D eigenvalue weighted by Crippen LogP contribution is -2.22. The number of pyridine rings is 1. The standard InChI is InChI=1S/C7H7NO3.C2H6/c1-5(9)6-3-2-4-8(11)7(6)10;1-2/h2-4,11H,1H3;1-2H3. The maximum atomic E-state index is 10.9. The minimum atomic E-state index is -0.681. The van der Waals surface area contributed by atoms with Gasteiger partial charge in [0.25, 0.3) is 5.56 Å². The van der Waals surface area contributed by atoms with Gasteiger partial charge in [0.15, 0.2) is 5.78 Å². The van der Waals surface area contributed by atoms with Crippen LogP contribution in [0.5, 0.6) is 0 Å². The molecule has 1 N–H and O–H groups in total. The number of aromatic nitrogens is 1. The number of hydrogen-bond donors (Lipinski definition) is 1. The molecule has 1 heterocycles. The fourth-order valence-corrected chi connectivity index (χ4v) is 0.751. The summed E-state index contributed by atoms with van der Waals surface area (Å²) < 4.78 is 0.386. The Morgan fingerprint density at radius 1 is 1.46 bits per heavy atom. The zero-order valence-electron chi connectivity index (χ0n) is 7.94. The molecule has 4 heteroatoms. The molecular formula is C9H13NO3. The van der Waals surface area contributed by atoms with Gasteiger partial charge in [-0.15, -0.1) is 0 Å². The van der Waals surface area contributed by atoms with Crippen molar-refractivity contribution in [1.82, 2.24) is 4.73 Å². The lowest BCUT2D eigenvalue weighted by Gasteiger charge is -1.96. The van der Waals surface area contributed by atoms with E-state index in [1.165, 1.54) is 25.3 Å². The molecule has 1 rings (SSSR count). The largest absolute Gasteiger partial charge is 0.425 e. The average Bonchev–Trinajstić information content (AvgIpc) is 2.13. The van der Waals surface area contributed by atoms with Crippen molar-refractivity contribution in [2.75, 3.05) is 0 Å². The number of rotatable bonds is 1. The summed E-state index contributed by atoms with van der Waals surface area (Å²) >= 11 is 0. The Morgan fingerprint density at radius 2 is 2.00 bits per heavy atom. The van der Waals surface area contributed by atoms with Gasteiger partial charge >= 0.3 is 0 Å². The maximum Gasteiger partial charge on any atom is 0.293 e. The summed E-state index contributed by atoms with van der Waals surface area (Å²) in [5, 5.41) is 8.80. The van der Waals surface area contributed by atoms with E-state index in [2.05, 4.69) is 0 Å². The van der Waals surface area contributed by atoms with E-state index in [0.29, 0.717) is 4.73 Å². The molecule has 0 aliphatic carbocycles. The second-order valence-corrected chi connectivity index (χ2v) is 2.13. The fourth-order valence-electron chi connectivity index (χ4n) is 0.751. The topological polar surface area (TPSA) is 59.3 Å². The fraction of sp³-hybridized carbons (Fsp3) is 0.333. The Bertz CT molecular complexity index is 341. The van der Waals surface area contributed by atoms with E-state index in [-0.39, 0.29) is 11.3 Å². The number of ketones is 1. The minimum Gasteiger partial charge on any atom is -0.425 e. The molecule has 0 aliphatic rings. The first-order valence-electron chi connectivity index (χ1n) is 4.05. The molecule has 0 amide bonds. The van der Waals surface area contributed by atoms with Crippen molar-refractivity contribution in [3.8, 4) is 0 Å². The first-order valence-corrected chi connectivity index (χ1v) is 4.05. The van der Waals surface area contributed by atoms with Crippen molar-refractivity contribution >= 4 is 5.78 Å². The summed E-state index contributed by atoms with van der Waals surface area (Å²) in [5.74, 6) is -0.349. The predicted octanol–water partition coefficient (Wildman–Crippen LogP) is 1.31. The van der Waals surface area contributed by atoms with E-state index in [1.54, 1.807) is 0 Å². The summed E-state index contributed by atoms with van der Waals surface area (Å²) in [6.45, 7) is 5.27. The van der Waals surface area contributed by atoms with Crippen LogP contribution in [-0.2, 0) is 0 Å². The molecule has 0 aliphatic heterocycles. The highest BCUT2D eigenvalue weighted by atomic mass is 16.5. The van der Waals surface area contributed by atoms with Crippen LogP contribution in [0.25, 0.3) is 0 Å². The number of carbonyl (C=O) groups excluding carboxylic acids is 1. The SMILES string of the molecule is CC.CC(=O)c1cccn(O)c1=O. The monoisotopic (exact) mass is 183 g/mol. The Kier molecular flexibility index (Phi) is 4.51. The minimum absolute atomic E-state index is 0.00463. The smallest absolute Gasteiger partial charge is 0.293 e. The molecule has 72 valence electrons. The van der Waals surface area contributed by atoms with Crippen molar-refractivity contribution in [2.24, 2.45) is 0 Å². The number of hydrogen-bond acceptors (Lipinski definition) is 3. The van der Waals surface area contributed by atoms with E-state index >= 15 is 0 Å². The van der Waals surface area contributed by atoms with Gasteiger partial charge in [0.2, 0.25) is 0 Å². The summed E-state index contributed by atoms with van der Waals surface area (Å²) in [6.07, 6.45) is 1.18. The van der Waals surface area contributed by atoms with Crippen LogP contribution in [-0.4, -0.2) is 15.7 Å². The average molecular weight is 183 g/mol. The first kappa shape index (κ1) is 11.4.